The summed E-state index contributed by atoms with van der Waals surface area (Å²) >= 11 is 0. The molecule has 1 rings (SSSR count). The van der Waals surface area contributed by atoms with Gasteiger partial charge in [0.15, 0.2) is 6.61 Å². The van der Waals surface area contributed by atoms with Gasteiger partial charge in [0.1, 0.15) is 5.75 Å². The first-order chi connectivity index (χ1) is 7.77. The van der Waals surface area contributed by atoms with E-state index in [1.165, 1.54) is 7.11 Å². The van der Waals surface area contributed by atoms with E-state index in [0.717, 1.165) is 12.0 Å². The number of carbonyl (C=O) groups is 1. The van der Waals surface area contributed by atoms with E-state index in [9.17, 15) is 4.79 Å². The summed E-state index contributed by atoms with van der Waals surface area (Å²) in [5.74, 6) is 0.262. The first-order valence-electron chi connectivity index (χ1n) is 5.16. The molecule has 1 aromatic rings. The third-order valence-corrected chi connectivity index (χ3v) is 2.15. The van der Waals surface area contributed by atoms with Crippen LogP contribution >= 0.6 is 0 Å². The second-order valence-electron chi connectivity index (χ2n) is 3.30. The van der Waals surface area contributed by atoms with Crippen molar-refractivity contribution in [2.45, 2.75) is 12.8 Å². The summed E-state index contributed by atoms with van der Waals surface area (Å²) < 4.78 is 9.82. The predicted molar refractivity (Wildman–Crippen MR) is 59.4 cm³/mol. The zero-order valence-corrected chi connectivity index (χ0v) is 9.31. The summed E-state index contributed by atoms with van der Waals surface area (Å²) in [5, 5.41) is 8.76. The summed E-state index contributed by atoms with van der Waals surface area (Å²) in [6, 6.07) is 7.46. The average molecular weight is 224 g/mol. The minimum atomic E-state index is -0.406. The van der Waals surface area contributed by atoms with Crippen LogP contribution in [0.5, 0.6) is 5.75 Å². The van der Waals surface area contributed by atoms with Gasteiger partial charge in [0.2, 0.25) is 0 Å². The Balaban J connectivity index is 2.59. The number of aliphatic hydroxyl groups excluding tert-OH is 1. The molecule has 0 aliphatic carbocycles. The number of carbonyl (C=O) groups excluding carboxylic acids is 1. The lowest BCUT2D eigenvalue weighted by Gasteiger charge is -2.09. The van der Waals surface area contributed by atoms with Gasteiger partial charge in [0.25, 0.3) is 0 Å². The summed E-state index contributed by atoms with van der Waals surface area (Å²) in [5.41, 5.74) is 0.987. The van der Waals surface area contributed by atoms with Gasteiger partial charge in [-0.3, -0.25) is 0 Å². The number of benzene rings is 1. The van der Waals surface area contributed by atoms with Crippen molar-refractivity contribution in [3.63, 3.8) is 0 Å². The van der Waals surface area contributed by atoms with E-state index in [4.69, 9.17) is 9.84 Å². The third-order valence-electron chi connectivity index (χ3n) is 2.15. The number of methoxy groups -OCH3 is 1. The summed E-state index contributed by atoms with van der Waals surface area (Å²) in [6.07, 6.45) is 1.41. The quantitative estimate of drug-likeness (QED) is 0.737. The maximum absolute atomic E-state index is 10.9. The fraction of sp³-hybridized carbons (Fsp3) is 0.417. The molecule has 0 amide bonds. The van der Waals surface area contributed by atoms with Crippen molar-refractivity contribution < 1.29 is 19.4 Å². The Labute approximate surface area is 94.8 Å². The van der Waals surface area contributed by atoms with Crippen LogP contribution in [0.3, 0.4) is 0 Å². The maximum Gasteiger partial charge on any atom is 0.343 e. The van der Waals surface area contributed by atoms with Crippen LogP contribution in [0.25, 0.3) is 0 Å². The molecule has 0 atom stereocenters. The second kappa shape index (κ2) is 6.85. The molecule has 4 nitrogen and oxygen atoms in total. The highest BCUT2D eigenvalue weighted by Gasteiger charge is 2.05. The molecular weight excluding hydrogens is 208 g/mol. The standard InChI is InChI=1S/C12H16O4/c1-15-12(14)9-16-11-7-3-2-5-10(11)6-4-8-13/h2-3,5,7,13H,4,6,8-9H2,1H3. The number of para-hydroxylation sites is 1. The second-order valence-corrected chi connectivity index (χ2v) is 3.30. The topological polar surface area (TPSA) is 55.8 Å². The molecule has 0 spiro atoms. The van der Waals surface area contributed by atoms with E-state index in [2.05, 4.69) is 4.74 Å². The molecule has 0 aliphatic rings. The summed E-state index contributed by atoms with van der Waals surface area (Å²) in [7, 11) is 1.32. The summed E-state index contributed by atoms with van der Waals surface area (Å²) in [4.78, 5) is 10.9. The molecule has 0 aromatic heterocycles. The molecule has 0 radical (unpaired) electrons. The van der Waals surface area contributed by atoms with Crippen molar-refractivity contribution in [2.24, 2.45) is 0 Å². The van der Waals surface area contributed by atoms with Crippen molar-refractivity contribution in [3.05, 3.63) is 29.8 Å². The Morgan fingerprint density at radius 3 is 2.81 bits per heavy atom. The highest BCUT2D eigenvalue weighted by Crippen LogP contribution is 2.19. The van der Waals surface area contributed by atoms with Crippen LogP contribution in [0, 0.1) is 0 Å². The summed E-state index contributed by atoms with van der Waals surface area (Å²) in [6.45, 7) is 0.0535. The van der Waals surface area contributed by atoms with Gasteiger partial charge in [0, 0.05) is 6.61 Å². The van der Waals surface area contributed by atoms with Crippen LogP contribution in [-0.2, 0) is 16.0 Å². The van der Waals surface area contributed by atoms with E-state index < -0.39 is 5.97 Å². The molecule has 0 unspecified atom stereocenters. The third kappa shape index (κ3) is 3.90. The highest BCUT2D eigenvalue weighted by atomic mass is 16.6. The van der Waals surface area contributed by atoms with Crippen molar-refractivity contribution in [3.8, 4) is 5.75 Å². The van der Waals surface area contributed by atoms with Crippen molar-refractivity contribution >= 4 is 5.97 Å². The number of esters is 1. The number of rotatable bonds is 6. The van der Waals surface area contributed by atoms with Gasteiger partial charge >= 0.3 is 5.97 Å². The molecule has 0 saturated heterocycles. The van der Waals surface area contributed by atoms with Crippen LogP contribution in [0.1, 0.15) is 12.0 Å². The van der Waals surface area contributed by atoms with Gasteiger partial charge in [0.05, 0.1) is 7.11 Å². The first-order valence-corrected chi connectivity index (χ1v) is 5.16. The van der Waals surface area contributed by atoms with E-state index >= 15 is 0 Å². The molecule has 4 heteroatoms. The van der Waals surface area contributed by atoms with Gasteiger partial charge < -0.3 is 14.6 Å². The number of aryl methyl sites for hydroxylation is 1. The minimum Gasteiger partial charge on any atom is -0.482 e. The zero-order chi connectivity index (χ0) is 11.8. The lowest BCUT2D eigenvalue weighted by Crippen LogP contribution is -2.13. The van der Waals surface area contributed by atoms with Crippen LogP contribution in [0.15, 0.2) is 24.3 Å². The minimum absolute atomic E-state index is 0.0906. The molecule has 16 heavy (non-hydrogen) atoms. The smallest absolute Gasteiger partial charge is 0.343 e. The molecule has 0 saturated carbocycles. The fourth-order valence-electron chi connectivity index (χ4n) is 1.32. The van der Waals surface area contributed by atoms with Crippen LogP contribution in [0.4, 0.5) is 0 Å². The lowest BCUT2D eigenvalue weighted by molar-refractivity contribution is -0.142. The van der Waals surface area contributed by atoms with E-state index in [1.54, 1.807) is 6.07 Å². The molecule has 0 bridgehead atoms. The molecule has 88 valence electrons. The lowest BCUT2D eigenvalue weighted by atomic mass is 10.1. The molecule has 1 N–H and O–H groups in total. The number of hydrogen-bond acceptors (Lipinski definition) is 4. The Bertz CT molecular complexity index is 336. The van der Waals surface area contributed by atoms with Gasteiger partial charge in [-0.25, -0.2) is 4.79 Å². The number of hydrogen-bond donors (Lipinski definition) is 1. The SMILES string of the molecule is COC(=O)COc1ccccc1CCCO. The van der Waals surface area contributed by atoms with Gasteiger partial charge in [-0.05, 0) is 24.5 Å². The highest BCUT2D eigenvalue weighted by molar-refractivity contribution is 5.70. The molecule has 1 aromatic carbocycles. The maximum atomic E-state index is 10.9. The molecular formula is C12H16O4. The van der Waals surface area contributed by atoms with Crippen molar-refractivity contribution in [1.29, 1.82) is 0 Å². The van der Waals surface area contributed by atoms with Gasteiger partial charge in [-0.1, -0.05) is 18.2 Å². The Kier molecular flexibility index (Phi) is 5.36. The van der Waals surface area contributed by atoms with Crippen molar-refractivity contribution in [2.75, 3.05) is 20.3 Å². The van der Waals surface area contributed by atoms with E-state index in [0.29, 0.717) is 12.2 Å². The number of ether oxygens (including phenoxy) is 2. The van der Waals surface area contributed by atoms with Crippen LogP contribution in [0.2, 0.25) is 0 Å². The zero-order valence-electron chi connectivity index (χ0n) is 9.31. The monoisotopic (exact) mass is 224 g/mol. The van der Waals surface area contributed by atoms with Gasteiger partial charge in [-0.15, -0.1) is 0 Å². The Morgan fingerprint density at radius 2 is 2.12 bits per heavy atom. The fourth-order valence-corrected chi connectivity index (χ4v) is 1.32. The van der Waals surface area contributed by atoms with Gasteiger partial charge in [-0.2, -0.15) is 0 Å². The van der Waals surface area contributed by atoms with Crippen LogP contribution in [-0.4, -0.2) is 31.4 Å². The predicted octanol–water partition coefficient (Wildman–Crippen LogP) is 1.16. The normalized spacial score (nSPS) is 9.88. The van der Waals surface area contributed by atoms with Crippen molar-refractivity contribution in [1.82, 2.24) is 0 Å². The Hall–Kier alpha value is -1.55. The molecule has 0 heterocycles. The molecule has 0 aliphatic heterocycles. The molecule has 0 fully saturated rings. The van der Waals surface area contributed by atoms with E-state index in [-0.39, 0.29) is 13.2 Å². The average Bonchev–Trinajstić information content (AvgIpc) is 2.34. The van der Waals surface area contributed by atoms with Crippen LogP contribution < -0.4 is 4.74 Å². The number of aliphatic hydroxyl groups is 1. The van der Waals surface area contributed by atoms with E-state index in [1.807, 2.05) is 18.2 Å². The largest absolute Gasteiger partial charge is 0.482 e. The Morgan fingerprint density at radius 1 is 1.38 bits per heavy atom. The first kappa shape index (κ1) is 12.5.